The van der Waals surface area contributed by atoms with Gasteiger partial charge in [0.25, 0.3) is 0 Å². The second kappa shape index (κ2) is 7.47. The number of benzene rings is 1. The van der Waals surface area contributed by atoms with E-state index in [0.29, 0.717) is 22.9 Å². The molecular formula is C18H16ClN3OS. The molecule has 2 N–H and O–H groups in total. The van der Waals surface area contributed by atoms with Gasteiger partial charge in [0.15, 0.2) is 0 Å². The molecular weight excluding hydrogens is 342 g/mol. The number of pyridine rings is 1. The van der Waals surface area contributed by atoms with Crippen LogP contribution in [0.15, 0.2) is 54.0 Å². The molecule has 0 aliphatic heterocycles. The lowest BCUT2D eigenvalue weighted by Crippen LogP contribution is -2.13. The highest BCUT2D eigenvalue weighted by Gasteiger charge is 2.06. The zero-order chi connectivity index (χ0) is 16.9. The van der Waals surface area contributed by atoms with E-state index in [1.54, 1.807) is 17.5 Å². The molecule has 3 rings (SSSR count). The fourth-order valence-corrected chi connectivity index (χ4v) is 3.06. The predicted molar refractivity (Wildman–Crippen MR) is 100 cm³/mol. The Morgan fingerprint density at radius 2 is 2.12 bits per heavy atom. The first-order chi connectivity index (χ1) is 11.6. The van der Waals surface area contributed by atoms with Crippen LogP contribution in [-0.4, -0.2) is 10.9 Å². The zero-order valence-electron chi connectivity index (χ0n) is 13.0. The van der Waals surface area contributed by atoms with E-state index in [2.05, 4.69) is 15.6 Å². The van der Waals surface area contributed by atoms with Crippen LogP contribution in [0.25, 0.3) is 0 Å². The van der Waals surface area contributed by atoms with Gasteiger partial charge in [-0.25, -0.2) is 4.98 Å². The van der Waals surface area contributed by atoms with Gasteiger partial charge >= 0.3 is 0 Å². The minimum absolute atomic E-state index is 0.0503. The first-order valence-corrected chi connectivity index (χ1v) is 8.67. The number of nitrogens with zero attached hydrogens (tertiary/aromatic N) is 1. The van der Waals surface area contributed by atoms with E-state index in [1.165, 1.54) is 0 Å². The molecule has 3 aromatic rings. The van der Waals surface area contributed by atoms with Crippen molar-refractivity contribution in [2.75, 3.05) is 10.6 Å². The summed E-state index contributed by atoms with van der Waals surface area (Å²) in [5.41, 5.74) is 2.66. The molecule has 0 unspecified atom stereocenters. The van der Waals surface area contributed by atoms with Crippen molar-refractivity contribution < 1.29 is 4.79 Å². The molecule has 24 heavy (non-hydrogen) atoms. The van der Waals surface area contributed by atoms with Crippen molar-refractivity contribution in [2.24, 2.45) is 0 Å². The Bertz CT molecular complexity index is 832. The molecule has 0 aliphatic carbocycles. The van der Waals surface area contributed by atoms with E-state index in [9.17, 15) is 4.79 Å². The smallest absolute Gasteiger partial charge is 0.229 e. The Morgan fingerprint density at radius 3 is 2.83 bits per heavy atom. The van der Waals surface area contributed by atoms with Crippen molar-refractivity contribution in [3.63, 3.8) is 0 Å². The Morgan fingerprint density at radius 1 is 1.25 bits per heavy atom. The number of anilines is 3. The average Bonchev–Trinajstić information content (AvgIpc) is 3.05. The Kier molecular flexibility index (Phi) is 5.13. The number of carbonyl (C=O) groups excluding carboxylic acids is 1. The molecule has 2 heterocycles. The number of hydrogen-bond acceptors (Lipinski definition) is 4. The van der Waals surface area contributed by atoms with Crippen molar-refractivity contribution in [2.45, 2.75) is 13.3 Å². The molecule has 0 aliphatic rings. The lowest BCUT2D eigenvalue weighted by atomic mass is 10.2. The van der Waals surface area contributed by atoms with E-state index in [-0.39, 0.29) is 5.91 Å². The third-order valence-electron chi connectivity index (χ3n) is 3.42. The number of rotatable bonds is 5. The maximum Gasteiger partial charge on any atom is 0.229 e. The minimum atomic E-state index is -0.0503. The van der Waals surface area contributed by atoms with Gasteiger partial charge in [0.2, 0.25) is 5.91 Å². The average molecular weight is 358 g/mol. The lowest BCUT2D eigenvalue weighted by molar-refractivity contribution is -0.115. The summed E-state index contributed by atoms with van der Waals surface area (Å²) in [7, 11) is 0. The molecule has 6 heteroatoms. The van der Waals surface area contributed by atoms with Crippen molar-refractivity contribution in [3.8, 4) is 0 Å². The van der Waals surface area contributed by atoms with Gasteiger partial charge < -0.3 is 10.6 Å². The Labute approximate surface area is 149 Å². The van der Waals surface area contributed by atoms with Crippen molar-refractivity contribution in [1.82, 2.24) is 4.98 Å². The summed E-state index contributed by atoms with van der Waals surface area (Å²) in [6.45, 7) is 2.00. The van der Waals surface area contributed by atoms with Crippen LogP contribution in [0.4, 0.5) is 17.2 Å². The van der Waals surface area contributed by atoms with Gasteiger partial charge in [-0.3, -0.25) is 4.79 Å². The van der Waals surface area contributed by atoms with Gasteiger partial charge in [-0.1, -0.05) is 23.7 Å². The summed E-state index contributed by atoms with van der Waals surface area (Å²) >= 11 is 7.59. The molecule has 2 aromatic heterocycles. The van der Waals surface area contributed by atoms with E-state index >= 15 is 0 Å². The number of carbonyl (C=O) groups is 1. The zero-order valence-corrected chi connectivity index (χ0v) is 14.6. The highest BCUT2D eigenvalue weighted by atomic mass is 35.5. The fraction of sp³-hybridized carbons (Fsp3) is 0.111. The van der Waals surface area contributed by atoms with Crippen molar-refractivity contribution in [3.05, 3.63) is 69.5 Å². The van der Waals surface area contributed by atoms with Gasteiger partial charge in [0.05, 0.1) is 18.3 Å². The summed E-state index contributed by atoms with van der Waals surface area (Å²) in [4.78, 5) is 17.3. The lowest BCUT2D eigenvalue weighted by Gasteiger charge is -2.10. The summed E-state index contributed by atoms with van der Waals surface area (Å²) in [5, 5.41) is 8.70. The molecule has 1 amide bonds. The van der Waals surface area contributed by atoms with E-state index in [1.807, 2.05) is 54.8 Å². The summed E-state index contributed by atoms with van der Waals surface area (Å²) < 4.78 is 0. The van der Waals surface area contributed by atoms with Crippen LogP contribution >= 0.6 is 22.9 Å². The maximum atomic E-state index is 12.0. The molecule has 0 saturated carbocycles. The largest absolute Gasteiger partial charge is 0.340 e. The fourth-order valence-electron chi connectivity index (χ4n) is 2.19. The van der Waals surface area contributed by atoms with Gasteiger partial charge in [-0.2, -0.15) is 0 Å². The monoisotopic (exact) mass is 357 g/mol. The quantitative estimate of drug-likeness (QED) is 0.673. The minimum Gasteiger partial charge on any atom is -0.340 e. The molecule has 0 bridgehead atoms. The topological polar surface area (TPSA) is 54.0 Å². The predicted octanol–water partition coefficient (Wildman–Crippen LogP) is 5.03. The van der Waals surface area contributed by atoms with Gasteiger partial charge in [-0.05, 0) is 48.2 Å². The summed E-state index contributed by atoms with van der Waals surface area (Å²) in [5.74, 6) is 0.641. The Balaban J connectivity index is 1.62. The van der Waals surface area contributed by atoms with Crippen LogP contribution in [0.1, 0.15) is 10.4 Å². The third-order valence-corrected chi connectivity index (χ3v) is 4.54. The van der Waals surface area contributed by atoms with Crippen molar-refractivity contribution in [1.29, 1.82) is 0 Å². The van der Waals surface area contributed by atoms with Crippen LogP contribution in [0, 0.1) is 6.92 Å². The van der Waals surface area contributed by atoms with E-state index < -0.39 is 0 Å². The number of thiophene rings is 1. The molecule has 122 valence electrons. The van der Waals surface area contributed by atoms with Crippen LogP contribution < -0.4 is 10.6 Å². The summed E-state index contributed by atoms with van der Waals surface area (Å²) in [6.07, 6.45) is 2.01. The van der Waals surface area contributed by atoms with Crippen molar-refractivity contribution >= 4 is 46.0 Å². The first-order valence-electron chi connectivity index (χ1n) is 7.41. The number of aryl methyl sites for hydroxylation is 1. The van der Waals surface area contributed by atoms with Crippen LogP contribution in [0.5, 0.6) is 0 Å². The highest BCUT2D eigenvalue weighted by Crippen LogP contribution is 2.23. The number of nitrogens with one attached hydrogen (secondary N) is 2. The van der Waals surface area contributed by atoms with E-state index in [0.717, 1.165) is 16.1 Å². The van der Waals surface area contributed by atoms with Gasteiger partial charge in [0.1, 0.15) is 5.82 Å². The second-order valence-electron chi connectivity index (χ2n) is 5.32. The number of halogens is 1. The molecule has 0 fully saturated rings. The van der Waals surface area contributed by atoms with Gasteiger partial charge in [-0.15, -0.1) is 11.3 Å². The molecule has 0 radical (unpaired) electrons. The molecule has 4 nitrogen and oxygen atoms in total. The maximum absolute atomic E-state index is 12.0. The summed E-state index contributed by atoms with van der Waals surface area (Å²) in [6, 6.07) is 13.2. The molecule has 0 atom stereocenters. The second-order valence-corrected chi connectivity index (χ2v) is 6.79. The molecule has 0 saturated heterocycles. The first kappa shape index (κ1) is 16.5. The number of aromatic nitrogens is 1. The highest BCUT2D eigenvalue weighted by molar-refractivity contribution is 7.10. The normalized spacial score (nSPS) is 10.4. The van der Waals surface area contributed by atoms with Gasteiger partial charge in [0, 0.05) is 15.6 Å². The van der Waals surface area contributed by atoms with Crippen LogP contribution in [0.2, 0.25) is 5.02 Å². The number of amides is 1. The standard InChI is InChI=1S/C18H16ClN3OS/c1-12-4-5-13(19)9-16(12)22-17-7-6-14(11-20-17)21-18(23)10-15-3-2-8-24-15/h2-9,11H,10H2,1H3,(H,20,22)(H,21,23). The third kappa shape index (κ3) is 4.34. The Hall–Kier alpha value is -2.37. The van der Waals surface area contributed by atoms with Crippen LogP contribution in [-0.2, 0) is 11.2 Å². The number of hydrogen-bond donors (Lipinski definition) is 2. The SMILES string of the molecule is Cc1ccc(Cl)cc1Nc1ccc(NC(=O)Cc2cccs2)cn1. The molecule has 1 aromatic carbocycles. The van der Waals surface area contributed by atoms with E-state index in [4.69, 9.17) is 11.6 Å². The molecule has 0 spiro atoms. The van der Waals surface area contributed by atoms with Crippen LogP contribution in [0.3, 0.4) is 0 Å².